The maximum absolute atomic E-state index is 12.2. The lowest BCUT2D eigenvalue weighted by molar-refractivity contribution is -0.122. The number of hydrogen-bond donors (Lipinski definition) is 3. The number of amides is 2. The lowest BCUT2D eigenvalue weighted by Crippen LogP contribution is -2.63. The summed E-state index contributed by atoms with van der Waals surface area (Å²) in [7, 11) is 1.65. The molecule has 3 N–H and O–H groups in total. The molecular formula is C24H31N5O4. The molecule has 1 aliphatic heterocycles. The van der Waals surface area contributed by atoms with Crippen molar-refractivity contribution in [2.75, 3.05) is 19.6 Å². The van der Waals surface area contributed by atoms with Crippen LogP contribution in [0.25, 0.3) is 0 Å². The van der Waals surface area contributed by atoms with Crippen molar-refractivity contribution in [2.24, 2.45) is 7.05 Å². The van der Waals surface area contributed by atoms with E-state index in [9.17, 15) is 19.2 Å². The van der Waals surface area contributed by atoms with Gasteiger partial charge in [-0.2, -0.15) is 0 Å². The van der Waals surface area contributed by atoms with Gasteiger partial charge in [0.1, 0.15) is 0 Å². The average Bonchev–Trinajstić information content (AvgIpc) is 2.77. The molecule has 2 aliphatic rings. The van der Waals surface area contributed by atoms with Crippen molar-refractivity contribution in [1.82, 2.24) is 25.1 Å². The average molecular weight is 454 g/mol. The van der Waals surface area contributed by atoms with Gasteiger partial charge in [-0.15, -0.1) is 0 Å². The molecule has 33 heavy (non-hydrogen) atoms. The van der Waals surface area contributed by atoms with Gasteiger partial charge < -0.3 is 15.2 Å². The number of aromatic amines is 1. The number of carbonyl (C=O) groups excluding carboxylic acids is 2. The number of carbonyl (C=O) groups is 2. The predicted molar refractivity (Wildman–Crippen MR) is 124 cm³/mol. The molecule has 1 aromatic carbocycles. The minimum Gasteiger partial charge on any atom is -0.349 e. The molecule has 2 aromatic rings. The lowest BCUT2D eigenvalue weighted by Gasteiger charge is -2.46. The summed E-state index contributed by atoms with van der Waals surface area (Å²) in [5.41, 5.74) is 1.57. The van der Waals surface area contributed by atoms with Crippen LogP contribution in [0, 0.1) is 6.92 Å². The van der Waals surface area contributed by atoms with Crippen LogP contribution in [0.5, 0.6) is 0 Å². The Balaban J connectivity index is 1.18. The minimum absolute atomic E-state index is 0.0392. The van der Waals surface area contributed by atoms with E-state index in [-0.39, 0.29) is 41.6 Å². The predicted octanol–water partition coefficient (Wildman–Crippen LogP) is 0.639. The summed E-state index contributed by atoms with van der Waals surface area (Å²) in [4.78, 5) is 52.9. The largest absolute Gasteiger partial charge is 0.349 e. The number of benzene rings is 1. The molecular weight excluding hydrogens is 422 g/mol. The first kappa shape index (κ1) is 23.0. The third-order valence-corrected chi connectivity index (χ3v) is 6.75. The van der Waals surface area contributed by atoms with Crippen LogP contribution in [0.15, 0.2) is 40.1 Å². The third-order valence-electron chi connectivity index (χ3n) is 6.75. The molecule has 0 spiro atoms. The molecule has 0 bridgehead atoms. The van der Waals surface area contributed by atoms with E-state index in [1.165, 1.54) is 4.57 Å². The fraction of sp³-hybridized carbons (Fsp3) is 0.500. The first-order valence-electron chi connectivity index (χ1n) is 11.5. The Hall–Kier alpha value is -3.20. The summed E-state index contributed by atoms with van der Waals surface area (Å²) in [6, 6.07) is 7.80. The summed E-state index contributed by atoms with van der Waals surface area (Å²) in [6.07, 6.45) is 5.45. The fourth-order valence-corrected chi connectivity index (χ4v) is 4.86. The van der Waals surface area contributed by atoms with Crippen molar-refractivity contribution in [3.63, 3.8) is 0 Å². The molecule has 4 rings (SSSR count). The van der Waals surface area contributed by atoms with Crippen molar-refractivity contribution in [2.45, 2.75) is 50.6 Å². The first-order chi connectivity index (χ1) is 15.8. The minimum atomic E-state index is -0.388. The lowest BCUT2D eigenvalue weighted by atomic mass is 9.81. The van der Waals surface area contributed by atoms with Gasteiger partial charge in [-0.1, -0.05) is 17.7 Å². The Morgan fingerprint density at radius 1 is 1.12 bits per heavy atom. The molecule has 0 atom stereocenters. The Morgan fingerprint density at radius 3 is 2.55 bits per heavy atom. The molecule has 2 heterocycles. The molecule has 2 amide bonds. The van der Waals surface area contributed by atoms with E-state index < -0.39 is 0 Å². The Morgan fingerprint density at radius 2 is 1.85 bits per heavy atom. The second-order valence-electron chi connectivity index (χ2n) is 9.23. The Bertz CT molecular complexity index is 1140. The number of aromatic nitrogens is 2. The zero-order chi connectivity index (χ0) is 23.5. The van der Waals surface area contributed by atoms with Crippen LogP contribution in [-0.2, 0) is 11.8 Å². The number of H-pyrrole nitrogens is 1. The zero-order valence-electron chi connectivity index (χ0n) is 19.1. The van der Waals surface area contributed by atoms with Gasteiger partial charge in [-0.3, -0.25) is 24.3 Å². The molecule has 1 aliphatic carbocycles. The van der Waals surface area contributed by atoms with Crippen LogP contribution < -0.4 is 21.9 Å². The summed E-state index contributed by atoms with van der Waals surface area (Å²) in [5.74, 6) is -0.262. The quantitative estimate of drug-likeness (QED) is 0.594. The fourth-order valence-electron chi connectivity index (χ4n) is 4.86. The highest BCUT2D eigenvalue weighted by Gasteiger charge is 2.35. The Kier molecular flexibility index (Phi) is 6.78. The van der Waals surface area contributed by atoms with Gasteiger partial charge in [0.2, 0.25) is 5.91 Å². The maximum atomic E-state index is 12.2. The number of rotatable bonds is 6. The second-order valence-corrected chi connectivity index (χ2v) is 9.23. The number of nitrogens with zero attached hydrogens (tertiary/aromatic N) is 2. The number of aryl methyl sites for hydroxylation is 2. The molecule has 1 saturated carbocycles. The van der Waals surface area contributed by atoms with Crippen LogP contribution in [0.2, 0.25) is 0 Å². The number of nitrogens with one attached hydrogen (secondary N) is 3. The summed E-state index contributed by atoms with van der Waals surface area (Å²) in [6.45, 7) is 3.48. The Labute approximate surface area is 192 Å². The molecule has 2 fully saturated rings. The van der Waals surface area contributed by atoms with E-state index >= 15 is 0 Å². The number of hydrogen-bond acceptors (Lipinski definition) is 5. The summed E-state index contributed by atoms with van der Waals surface area (Å²) in [5, 5.41) is 5.66. The van der Waals surface area contributed by atoms with Crippen LogP contribution >= 0.6 is 0 Å². The molecule has 9 nitrogen and oxygen atoms in total. The maximum Gasteiger partial charge on any atom is 0.328 e. The van der Waals surface area contributed by atoms with Crippen LogP contribution in [0.4, 0.5) is 0 Å². The molecule has 9 heteroatoms. The normalized spacial score (nSPS) is 21.3. The van der Waals surface area contributed by atoms with Gasteiger partial charge in [0.25, 0.3) is 11.5 Å². The monoisotopic (exact) mass is 453 g/mol. The van der Waals surface area contributed by atoms with Gasteiger partial charge in [0.05, 0.1) is 12.6 Å². The molecule has 1 aromatic heterocycles. The zero-order valence-corrected chi connectivity index (χ0v) is 19.1. The van der Waals surface area contributed by atoms with Gasteiger partial charge >= 0.3 is 5.69 Å². The van der Waals surface area contributed by atoms with Crippen LogP contribution in [-0.4, -0.2) is 58.0 Å². The molecule has 176 valence electrons. The highest BCUT2D eigenvalue weighted by Crippen LogP contribution is 2.34. The van der Waals surface area contributed by atoms with Crippen molar-refractivity contribution in [1.29, 1.82) is 0 Å². The second kappa shape index (κ2) is 9.74. The van der Waals surface area contributed by atoms with E-state index in [1.807, 2.05) is 19.1 Å². The van der Waals surface area contributed by atoms with Crippen molar-refractivity contribution >= 4 is 11.8 Å². The van der Waals surface area contributed by atoms with Gasteiger partial charge in [-0.05, 0) is 50.7 Å². The van der Waals surface area contributed by atoms with Gasteiger partial charge in [-0.25, -0.2) is 4.79 Å². The van der Waals surface area contributed by atoms with E-state index in [2.05, 4.69) is 20.5 Å². The van der Waals surface area contributed by atoms with E-state index in [0.717, 1.165) is 44.3 Å². The summed E-state index contributed by atoms with van der Waals surface area (Å²) >= 11 is 0. The SMILES string of the molecule is Cc1cccc(C(=O)NCC(=O)NC2CN([C@H]3CC[C@@H](c4cn(C)c(=O)[nH]c4=O)CC3)C2)c1. The number of likely N-dealkylation sites (tertiary alicyclic amines) is 1. The molecule has 0 radical (unpaired) electrons. The molecule has 0 unspecified atom stereocenters. The smallest absolute Gasteiger partial charge is 0.328 e. The van der Waals surface area contributed by atoms with E-state index in [4.69, 9.17) is 0 Å². The molecule has 1 saturated heterocycles. The van der Waals surface area contributed by atoms with Crippen molar-refractivity contribution in [3.05, 3.63) is 68.0 Å². The standard InChI is InChI=1S/C24H31N5O4/c1-15-4-3-5-17(10-15)22(31)25-11-21(30)26-18-12-29(13-18)19-8-6-16(7-9-19)20-14-28(2)24(33)27-23(20)32/h3-5,10,14,16,18-19H,6-9,11-13H2,1-2H3,(H,25,31)(H,26,30)(H,27,32,33)/t16-,19+. The van der Waals surface area contributed by atoms with Gasteiger partial charge in [0.15, 0.2) is 0 Å². The van der Waals surface area contributed by atoms with Crippen LogP contribution in [0.1, 0.15) is 53.1 Å². The highest BCUT2D eigenvalue weighted by atomic mass is 16.2. The summed E-state index contributed by atoms with van der Waals surface area (Å²) < 4.78 is 1.43. The topological polar surface area (TPSA) is 116 Å². The van der Waals surface area contributed by atoms with Gasteiger partial charge in [0, 0.05) is 43.5 Å². The van der Waals surface area contributed by atoms with E-state index in [1.54, 1.807) is 25.4 Å². The van der Waals surface area contributed by atoms with Crippen molar-refractivity contribution < 1.29 is 9.59 Å². The highest BCUT2D eigenvalue weighted by molar-refractivity contribution is 5.96. The van der Waals surface area contributed by atoms with Crippen LogP contribution in [0.3, 0.4) is 0 Å². The van der Waals surface area contributed by atoms with Crippen molar-refractivity contribution in [3.8, 4) is 0 Å². The first-order valence-corrected chi connectivity index (χ1v) is 11.5. The third kappa shape index (κ3) is 5.42. The van der Waals surface area contributed by atoms with E-state index in [0.29, 0.717) is 17.2 Å².